The summed E-state index contributed by atoms with van der Waals surface area (Å²) in [4.78, 5) is 15.5. The molecule has 1 aromatic carbocycles. The van der Waals surface area contributed by atoms with Gasteiger partial charge in [0.25, 0.3) is 5.91 Å². The second-order valence-corrected chi connectivity index (χ2v) is 5.54. The van der Waals surface area contributed by atoms with Crippen LogP contribution in [0.15, 0.2) is 18.2 Å². The summed E-state index contributed by atoms with van der Waals surface area (Å²) < 4.78 is 0. The second-order valence-electron chi connectivity index (χ2n) is 5.54. The molecule has 0 fully saturated rings. The molecule has 2 N–H and O–H groups in total. The molecule has 0 bridgehead atoms. The first-order valence-corrected chi connectivity index (χ1v) is 6.86. The van der Waals surface area contributed by atoms with Crippen LogP contribution in [-0.2, 0) is 0 Å². The van der Waals surface area contributed by atoms with E-state index in [1.54, 1.807) is 0 Å². The molecule has 2 aromatic rings. The summed E-state index contributed by atoms with van der Waals surface area (Å²) in [6, 6.07) is 5.88. The highest BCUT2D eigenvalue weighted by Gasteiger charge is 2.13. The third-order valence-corrected chi connectivity index (χ3v) is 3.60. The van der Waals surface area contributed by atoms with Crippen molar-refractivity contribution in [2.45, 2.75) is 34.1 Å². The molecule has 19 heavy (non-hydrogen) atoms. The first kappa shape index (κ1) is 13.7. The third kappa shape index (κ3) is 2.80. The van der Waals surface area contributed by atoms with Gasteiger partial charge in [-0.15, -0.1) is 0 Å². The van der Waals surface area contributed by atoms with E-state index in [0.717, 1.165) is 35.1 Å². The Labute approximate surface area is 114 Å². The zero-order valence-corrected chi connectivity index (χ0v) is 12.1. The highest BCUT2D eigenvalue weighted by atomic mass is 16.1. The Kier molecular flexibility index (Phi) is 3.93. The summed E-state index contributed by atoms with van der Waals surface area (Å²) in [5.41, 5.74) is 4.02. The fourth-order valence-electron chi connectivity index (χ4n) is 2.24. The number of benzene rings is 1. The molecule has 102 valence electrons. The van der Waals surface area contributed by atoms with Crippen molar-refractivity contribution in [3.63, 3.8) is 0 Å². The maximum atomic E-state index is 12.2. The van der Waals surface area contributed by atoms with Crippen molar-refractivity contribution < 1.29 is 4.79 Å². The molecular formula is C16H22N2O. The van der Waals surface area contributed by atoms with E-state index in [1.165, 1.54) is 5.56 Å². The highest BCUT2D eigenvalue weighted by molar-refractivity contribution is 6.06. The van der Waals surface area contributed by atoms with E-state index in [0.29, 0.717) is 5.92 Å². The molecule has 1 amide bonds. The van der Waals surface area contributed by atoms with Gasteiger partial charge in [-0.05, 0) is 37.8 Å². The summed E-state index contributed by atoms with van der Waals surface area (Å²) in [6.07, 6.45) is 1.00. The lowest BCUT2D eigenvalue weighted by molar-refractivity contribution is 0.0953. The number of rotatable bonds is 4. The smallest absolute Gasteiger partial charge is 0.253 e. The molecular weight excluding hydrogens is 236 g/mol. The molecule has 1 aromatic heterocycles. The van der Waals surface area contributed by atoms with Crippen molar-refractivity contribution in [2.24, 2.45) is 5.92 Å². The van der Waals surface area contributed by atoms with Gasteiger partial charge in [-0.2, -0.15) is 0 Å². The Morgan fingerprint density at radius 3 is 2.74 bits per heavy atom. The predicted molar refractivity (Wildman–Crippen MR) is 79.6 cm³/mol. The number of H-pyrrole nitrogens is 1. The standard InChI is InChI=1S/C16H22N2O/c1-10(2)8-9-17-16(19)14-7-5-6-13-11(3)12(4)18-15(13)14/h5-7,10,18H,8-9H2,1-4H3,(H,17,19). The maximum absolute atomic E-state index is 12.2. The van der Waals surface area contributed by atoms with Crippen LogP contribution in [0.5, 0.6) is 0 Å². The van der Waals surface area contributed by atoms with Crippen LogP contribution in [0.3, 0.4) is 0 Å². The van der Waals surface area contributed by atoms with Crippen LogP contribution in [0.4, 0.5) is 0 Å². The minimum Gasteiger partial charge on any atom is -0.358 e. The molecule has 2 rings (SSSR count). The lowest BCUT2D eigenvalue weighted by Gasteiger charge is -2.08. The largest absolute Gasteiger partial charge is 0.358 e. The molecule has 0 radical (unpaired) electrons. The number of amides is 1. The van der Waals surface area contributed by atoms with Crippen LogP contribution in [-0.4, -0.2) is 17.4 Å². The van der Waals surface area contributed by atoms with Crippen molar-refractivity contribution >= 4 is 16.8 Å². The lowest BCUT2D eigenvalue weighted by Crippen LogP contribution is -2.25. The second kappa shape index (κ2) is 5.47. The van der Waals surface area contributed by atoms with E-state index in [-0.39, 0.29) is 5.91 Å². The van der Waals surface area contributed by atoms with Crippen molar-refractivity contribution in [1.82, 2.24) is 10.3 Å². The van der Waals surface area contributed by atoms with E-state index >= 15 is 0 Å². The Morgan fingerprint density at radius 2 is 2.05 bits per heavy atom. The maximum Gasteiger partial charge on any atom is 0.253 e. The SMILES string of the molecule is Cc1[nH]c2c(C(=O)NCCC(C)C)cccc2c1C. The molecule has 0 aliphatic carbocycles. The van der Waals surface area contributed by atoms with Crippen molar-refractivity contribution in [3.05, 3.63) is 35.0 Å². The molecule has 0 unspecified atom stereocenters. The highest BCUT2D eigenvalue weighted by Crippen LogP contribution is 2.24. The normalized spacial score (nSPS) is 11.2. The van der Waals surface area contributed by atoms with Gasteiger partial charge in [0.05, 0.1) is 11.1 Å². The van der Waals surface area contributed by atoms with E-state index in [9.17, 15) is 4.79 Å². The van der Waals surface area contributed by atoms with Crippen LogP contribution >= 0.6 is 0 Å². The molecule has 0 aliphatic rings. The number of carbonyl (C=O) groups is 1. The fraction of sp³-hybridized carbons (Fsp3) is 0.438. The summed E-state index contributed by atoms with van der Waals surface area (Å²) >= 11 is 0. The number of aromatic amines is 1. The monoisotopic (exact) mass is 258 g/mol. The zero-order valence-electron chi connectivity index (χ0n) is 12.1. The van der Waals surface area contributed by atoms with Crippen LogP contribution in [0, 0.1) is 19.8 Å². The van der Waals surface area contributed by atoms with Crippen LogP contribution in [0.1, 0.15) is 41.9 Å². The van der Waals surface area contributed by atoms with Crippen molar-refractivity contribution in [2.75, 3.05) is 6.54 Å². The summed E-state index contributed by atoms with van der Waals surface area (Å²) in [7, 11) is 0. The fourth-order valence-corrected chi connectivity index (χ4v) is 2.24. The number of para-hydroxylation sites is 1. The molecule has 0 atom stereocenters. The molecule has 0 spiro atoms. The minimum atomic E-state index is 0.00694. The number of fused-ring (bicyclic) bond motifs is 1. The number of aryl methyl sites for hydroxylation is 2. The number of aromatic nitrogens is 1. The van der Waals surface area contributed by atoms with E-state index in [1.807, 2.05) is 19.1 Å². The molecule has 0 aliphatic heterocycles. The Balaban J connectivity index is 2.25. The predicted octanol–water partition coefficient (Wildman–Crippen LogP) is 3.56. The first-order chi connectivity index (χ1) is 9.00. The number of nitrogens with one attached hydrogen (secondary N) is 2. The van der Waals surface area contributed by atoms with E-state index < -0.39 is 0 Å². The van der Waals surface area contributed by atoms with Gasteiger partial charge >= 0.3 is 0 Å². The quantitative estimate of drug-likeness (QED) is 0.865. The van der Waals surface area contributed by atoms with Crippen LogP contribution in [0.2, 0.25) is 0 Å². The van der Waals surface area contributed by atoms with Gasteiger partial charge in [0.15, 0.2) is 0 Å². The Morgan fingerprint density at radius 1 is 1.32 bits per heavy atom. The number of hydrogen-bond donors (Lipinski definition) is 2. The van der Waals surface area contributed by atoms with Gasteiger partial charge < -0.3 is 10.3 Å². The average molecular weight is 258 g/mol. The molecule has 0 saturated carbocycles. The van der Waals surface area contributed by atoms with Gasteiger partial charge in [-0.25, -0.2) is 0 Å². The van der Waals surface area contributed by atoms with Crippen LogP contribution in [0.25, 0.3) is 10.9 Å². The van der Waals surface area contributed by atoms with Crippen molar-refractivity contribution in [1.29, 1.82) is 0 Å². The average Bonchev–Trinajstić information content (AvgIpc) is 2.65. The van der Waals surface area contributed by atoms with E-state index in [4.69, 9.17) is 0 Å². The minimum absolute atomic E-state index is 0.00694. The summed E-state index contributed by atoms with van der Waals surface area (Å²) in [5.74, 6) is 0.610. The molecule has 3 nitrogen and oxygen atoms in total. The molecule has 3 heteroatoms. The van der Waals surface area contributed by atoms with Gasteiger partial charge in [0.2, 0.25) is 0 Å². The van der Waals surface area contributed by atoms with Crippen molar-refractivity contribution in [3.8, 4) is 0 Å². The molecule has 0 saturated heterocycles. The lowest BCUT2D eigenvalue weighted by atomic mass is 10.1. The third-order valence-electron chi connectivity index (χ3n) is 3.60. The topological polar surface area (TPSA) is 44.9 Å². The molecule has 1 heterocycles. The summed E-state index contributed by atoms with van der Waals surface area (Å²) in [6.45, 7) is 9.16. The van der Waals surface area contributed by atoms with Gasteiger partial charge in [-0.1, -0.05) is 26.0 Å². The van der Waals surface area contributed by atoms with Gasteiger partial charge in [0, 0.05) is 17.6 Å². The first-order valence-electron chi connectivity index (χ1n) is 6.86. The van der Waals surface area contributed by atoms with Gasteiger partial charge in [0.1, 0.15) is 0 Å². The number of hydrogen-bond acceptors (Lipinski definition) is 1. The summed E-state index contributed by atoms with van der Waals surface area (Å²) in [5, 5.41) is 4.13. The Bertz CT molecular complexity index is 596. The van der Waals surface area contributed by atoms with E-state index in [2.05, 4.69) is 37.1 Å². The zero-order chi connectivity index (χ0) is 14.0. The number of carbonyl (C=O) groups excluding carboxylic acids is 1. The van der Waals surface area contributed by atoms with Crippen LogP contribution < -0.4 is 5.32 Å². The Hall–Kier alpha value is -1.77. The van der Waals surface area contributed by atoms with Gasteiger partial charge in [-0.3, -0.25) is 4.79 Å².